The standard InChI is InChI=1S/C18H16ClFN2O3S/c19-16-9-15(4-5-17(16)20)18-11-22(6-7-25-18)26(23,24)12-14-3-1-2-13(8-14)10-21/h1-5,8-9,18H,6-7,11-12H2/t18-/m1/s1. The second-order valence-electron chi connectivity index (χ2n) is 5.96. The number of nitriles is 1. The minimum absolute atomic E-state index is 0.0283. The number of hydrogen-bond acceptors (Lipinski definition) is 4. The second kappa shape index (κ2) is 7.72. The van der Waals surface area contributed by atoms with Crippen molar-refractivity contribution < 1.29 is 17.5 Å². The molecule has 8 heteroatoms. The molecule has 0 N–H and O–H groups in total. The van der Waals surface area contributed by atoms with Crippen LogP contribution in [0.1, 0.15) is 22.8 Å². The fourth-order valence-corrected chi connectivity index (χ4v) is 4.51. The Bertz CT molecular complexity index is 959. The van der Waals surface area contributed by atoms with Crippen LogP contribution in [0.3, 0.4) is 0 Å². The largest absolute Gasteiger partial charge is 0.371 e. The van der Waals surface area contributed by atoms with Gasteiger partial charge in [0.25, 0.3) is 0 Å². The van der Waals surface area contributed by atoms with Crippen molar-refractivity contribution in [2.24, 2.45) is 0 Å². The van der Waals surface area contributed by atoms with Crippen LogP contribution in [0.25, 0.3) is 0 Å². The molecule has 0 amide bonds. The van der Waals surface area contributed by atoms with E-state index in [1.165, 1.54) is 16.4 Å². The Labute approximate surface area is 156 Å². The summed E-state index contributed by atoms with van der Waals surface area (Å²) >= 11 is 5.81. The Kier molecular flexibility index (Phi) is 5.58. The summed E-state index contributed by atoms with van der Waals surface area (Å²) in [5.74, 6) is -0.729. The van der Waals surface area contributed by atoms with Crippen LogP contribution in [0.5, 0.6) is 0 Å². The molecule has 2 aromatic carbocycles. The molecule has 26 heavy (non-hydrogen) atoms. The van der Waals surface area contributed by atoms with E-state index in [1.807, 2.05) is 6.07 Å². The molecule has 0 aliphatic carbocycles. The highest BCUT2D eigenvalue weighted by molar-refractivity contribution is 7.88. The van der Waals surface area contributed by atoms with Gasteiger partial charge in [0.2, 0.25) is 10.0 Å². The van der Waals surface area contributed by atoms with Gasteiger partial charge in [-0.05, 0) is 35.4 Å². The number of halogens is 2. The first-order chi connectivity index (χ1) is 12.4. The molecule has 0 bridgehead atoms. The summed E-state index contributed by atoms with van der Waals surface area (Å²) in [6.45, 7) is 0.602. The molecule has 3 rings (SSSR count). The number of hydrogen-bond donors (Lipinski definition) is 0. The highest BCUT2D eigenvalue weighted by atomic mass is 35.5. The number of nitrogens with zero attached hydrogens (tertiary/aromatic N) is 2. The van der Waals surface area contributed by atoms with Crippen LogP contribution in [0, 0.1) is 17.1 Å². The van der Waals surface area contributed by atoms with E-state index in [0.29, 0.717) is 16.7 Å². The van der Waals surface area contributed by atoms with Gasteiger partial charge in [0, 0.05) is 13.1 Å². The highest BCUT2D eigenvalue weighted by Crippen LogP contribution is 2.28. The van der Waals surface area contributed by atoms with Gasteiger partial charge in [0.15, 0.2) is 0 Å². The lowest BCUT2D eigenvalue weighted by molar-refractivity contribution is -0.00263. The van der Waals surface area contributed by atoms with Gasteiger partial charge in [0.05, 0.1) is 35.1 Å². The summed E-state index contributed by atoms with van der Waals surface area (Å²) in [6, 6.07) is 12.8. The molecule has 1 aliphatic rings. The molecule has 2 aromatic rings. The highest BCUT2D eigenvalue weighted by Gasteiger charge is 2.30. The average molecular weight is 395 g/mol. The van der Waals surface area contributed by atoms with Gasteiger partial charge in [-0.1, -0.05) is 29.8 Å². The molecule has 0 radical (unpaired) electrons. The van der Waals surface area contributed by atoms with E-state index in [9.17, 15) is 12.8 Å². The predicted molar refractivity (Wildman–Crippen MR) is 95.5 cm³/mol. The van der Waals surface area contributed by atoms with Gasteiger partial charge in [-0.25, -0.2) is 12.8 Å². The molecule has 0 aromatic heterocycles. The molecular weight excluding hydrogens is 379 g/mol. The van der Waals surface area contributed by atoms with Crippen molar-refractivity contribution in [3.05, 3.63) is 70.0 Å². The first kappa shape index (κ1) is 18.8. The lowest BCUT2D eigenvalue weighted by Crippen LogP contribution is -2.42. The SMILES string of the molecule is N#Cc1cccc(CS(=O)(=O)N2CCO[C@@H](c3ccc(F)c(Cl)c3)C2)c1. The Morgan fingerprint density at radius 1 is 1.31 bits per heavy atom. The van der Waals surface area contributed by atoms with E-state index < -0.39 is 21.9 Å². The van der Waals surface area contributed by atoms with Crippen molar-refractivity contribution in [1.29, 1.82) is 5.26 Å². The smallest absolute Gasteiger partial charge is 0.218 e. The van der Waals surface area contributed by atoms with Crippen LogP contribution in [-0.4, -0.2) is 32.4 Å². The number of sulfonamides is 1. The maximum absolute atomic E-state index is 13.3. The summed E-state index contributed by atoms with van der Waals surface area (Å²) in [5, 5.41) is 8.92. The zero-order chi connectivity index (χ0) is 18.7. The normalized spacial score (nSPS) is 18.4. The monoisotopic (exact) mass is 394 g/mol. The Hall–Kier alpha value is -1.98. The number of ether oxygens (including phenoxy) is 1. The molecule has 1 aliphatic heterocycles. The summed E-state index contributed by atoms with van der Waals surface area (Å²) in [7, 11) is -3.58. The van der Waals surface area contributed by atoms with Crippen molar-refractivity contribution in [3.8, 4) is 6.07 Å². The topological polar surface area (TPSA) is 70.4 Å². The summed E-state index contributed by atoms with van der Waals surface area (Å²) in [5.41, 5.74) is 1.60. The molecule has 1 atom stereocenters. The summed E-state index contributed by atoms with van der Waals surface area (Å²) < 4.78 is 45.8. The van der Waals surface area contributed by atoms with E-state index >= 15 is 0 Å². The van der Waals surface area contributed by atoms with E-state index in [1.54, 1.807) is 30.3 Å². The fourth-order valence-electron chi connectivity index (χ4n) is 2.83. The van der Waals surface area contributed by atoms with Crippen LogP contribution >= 0.6 is 11.6 Å². The molecular formula is C18H16ClFN2O3S. The van der Waals surface area contributed by atoms with Gasteiger partial charge in [-0.15, -0.1) is 0 Å². The summed E-state index contributed by atoms with van der Waals surface area (Å²) in [6.07, 6.45) is -0.512. The first-order valence-corrected chi connectivity index (χ1v) is 9.91. The molecule has 1 heterocycles. The third-order valence-electron chi connectivity index (χ3n) is 4.14. The number of benzene rings is 2. The zero-order valence-corrected chi connectivity index (χ0v) is 15.3. The molecule has 0 saturated carbocycles. The van der Waals surface area contributed by atoms with Crippen LogP contribution in [0.4, 0.5) is 4.39 Å². The predicted octanol–water partition coefficient (Wildman–Crippen LogP) is 3.25. The second-order valence-corrected chi connectivity index (χ2v) is 8.34. The molecule has 0 spiro atoms. The molecule has 0 unspecified atom stereocenters. The molecule has 1 saturated heterocycles. The Morgan fingerprint density at radius 2 is 2.12 bits per heavy atom. The van der Waals surface area contributed by atoms with Gasteiger partial charge < -0.3 is 4.74 Å². The van der Waals surface area contributed by atoms with Crippen molar-refractivity contribution in [3.63, 3.8) is 0 Å². The fraction of sp³-hybridized carbons (Fsp3) is 0.278. The van der Waals surface area contributed by atoms with E-state index in [0.717, 1.165) is 0 Å². The van der Waals surface area contributed by atoms with Crippen LogP contribution < -0.4 is 0 Å². The Morgan fingerprint density at radius 3 is 2.85 bits per heavy atom. The molecule has 5 nitrogen and oxygen atoms in total. The lowest BCUT2D eigenvalue weighted by atomic mass is 10.1. The van der Waals surface area contributed by atoms with Gasteiger partial charge in [-0.2, -0.15) is 9.57 Å². The van der Waals surface area contributed by atoms with Gasteiger partial charge in [-0.3, -0.25) is 0 Å². The minimum atomic E-state index is -3.58. The lowest BCUT2D eigenvalue weighted by Gasteiger charge is -2.32. The van der Waals surface area contributed by atoms with Crippen molar-refractivity contribution in [2.45, 2.75) is 11.9 Å². The number of rotatable bonds is 4. The van der Waals surface area contributed by atoms with Gasteiger partial charge >= 0.3 is 0 Å². The average Bonchev–Trinajstić information content (AvgIpc) is 2.64. The molecule has 136 valence electrons. The first-order valence-electron chi connectivity index (χ1n) is 7.92. The maximum Gasteiger partial charge on any atom is 0.218 e. The maximum atomic E-state index is 13.3. The quantitative estimate of drug-likeness (QED) is 0.798. The van der Waals surface area contributed by atoms with Gasteiger partial charge in [0.1, 0.15) is 5.82 Å². The third kappa shape index (κ3) is 4.22. The van der Waals surface area contributed by atoms with E-state index in [4.69, 9.17) is 21.6 Å². The van der Waals surface area contributed by atoms with Crippen LogP contribution in [0.15, 0.2) is 42.5 Å². The molecule has 1 fully saturated rings. The summed E-state index contributed by atoms with van der Waals surface area (Å²) in [4.78, 5) is 0. The van der Waals surface area contributed by atoms with E-state index in [2.05, 4.69) is 0 Å². The Balaban J connectivity index is 1.77. The minimum Gasteiger partial charge on any atom is -0.371 e. The van der Waals surface area contributed by atoms with Crippen molar-refractivity contribution >= 4 is 21.6 Å². The van der Waals surface area contributed by atoms with Crippen LogP contribution in [0.2, 0.25) is 5.02 Å². The number of morpholine rings is 1. The zero-order valence-electron chi connectivity index (χ0n) is 13.7. The van der Waals surface area contributed by atoms with E-state index in [-0.39, 0.29) is 30.5 Å². The van der Waals surface area contributed by atoms with Crippen LogP contribution in [-0.2, 0) is 20.5 Å². The van der Waals surface area contributed by atoms with Crippen molar-refractivity contribution in [2.75, 3.05) is 19.7 Å². The third-order valence-corrected chi connectivity index (χ3v) is 6.25. The van der Waals surface area contributed by atoms with Crippen molar-refractivity contribution in [1.82, 2.24) is 4.31 Å².